The lowest BCUT2D eigenvalue weighted by atomic mass is 10.1. The number of phenolic OH excluding ortho intramolecular Hbond substituents is 1. The van der Waals surface area contributed by atoms with Crippen molar-refractivity contribution in [2.45, 2.75) is 6.92 Å². The maximum absolute atomic E-state index is 13.6. The van der Waals surface area contributed by atoms with Gasteiger partial charge in [0.05, 0.1) is 13.7 Å². The lowest BCUT2D eigenvalue weighted by molar-refractivity contribution is 0.104. The van der Waals surface area contributed by atoms with Crippen molar-refractivity contribution in [1.82, 2.24) is 0 Å². The van der Waals surface area contributed by atoms with Crippen molar-refractivity contribution in [2.24, 2.45) is 0 Å². The number of hydrogen-bond acceptors (Lipinski definition) is 4. The number of phenols is 1. The monoisotopic (exact) mass is 316 g/mol. The highest BCUT2D eigenvalue weighted by Crippen LogP contribution is 2.27. The molecule has 2 rings (SSSR count). The molecule has 0 heterocycles. The first kappa shape index (κ1) is 16.5. The van der Waals surface area contributed by atoms with Gasteiger partial charge >= 0.3 is 0 Å². The van der Waals surface area contributed by atoms with Crippen LogP contribution in [0.3, 0.4) is 0 Å². The summed E-state index contributed by atoms with van der Waals surface area (Å²) in [6, 6.07) is 8.80. The van der Waals surface area contributed by atoms with Crippen LogP contribution >= 0.6 is 0 Å². The summed E-state index contributed by atoms with van der Waals surface area (Å²) in [5.41, 5.74) is 0.914. The van der Waals surface area contributed by atoms with Gasteiger partial charge in [-0.15, -0.1) is 0 Å². The van der Waals surface area contributed by atoms with E-state index in [2.05, 4.69) is 0 Å². The number of aromatic hydroxyl groups is 1. The van der Waals surface area contributed by atoms with E-state index in [0.717, 1.165) is 6.07 Å². The fourth-order valence-corrected chi connectivity index (χ4v) is 1.99. The lowest BCUT2D eigenvalue weighted by Crippen LogP contribution is -1.97. The molecule has 0 aromatic heterocycles. The summed E-state index contributed by atoms with van der Waals surface area (Å²) in [5, 5.41) is 9.63. The van der Waals surface area contributed by atoms with E-state index in [4.69, 9.17) is 9.47 Å². The van der Waals surface area contributed by atoms with Crippen LogP contribution in [-0.4, -0.2) is 24.6 Å². The van der Waals surface area contributed by atoms with Crippen molar-refractivity contribution in [3.05, 3.63) is 59.4 Å². The summed E-state index contributed by atoms with van der Waals surface area (Å²) in [7, 11) is 1.36. The minimum atomic E-state index is -0.588. The zero-order valence-corrected chi connectivity index (χ0v) is 12.9. The quantitative estimate of drug-likeness (QED) is 0.650. The minimum absolute atomic E-state index is 0.0348. The number of methoxy groups -OCH3 is 1. The first-order valence-corrected chi connectivity index (χ1v) is 7.07. The SMILES string of the molecule is CCOc1cc(/C=C/C(=O)c2ccc(OC)c(F)c2)ccc1O. The van der Waals surface area contributed by atoms with Crippen LogP contribution in [0.2, 0.25) is 0 Å². The molecular weight excluding hydrogens is 299 g/mol. The minimum Gasteiger partial charge on any atom is -0.504 e. The third kappa shape index (κ3) is 4.10. The Morgan fingerprint density at radius 3 is 2.65 bits per heavy atom. The molecule has 0 amide bonds. The summed E-state index contributed by atoms with van der Waals surface area (Å²) in [6.07, 6.45) is 2.91. The van der Waals surface area contributed by atoms with Crippen molar-refractivity contribution in [3.63, 3.8) is 0 Å². The highest BCUT2D eigenvalue weighted by molar-refractivity contribution is 6.06. The first-order chi connectivity index (χ1) is 11.0. The molecule has 0 fully saturated rings. The molecule has 0 aliphatic rings. The van der Waals surface area contributed by atoms with E-state index in [1.165, 1.54) is 31.4 Å². The maximum atomic E-state index is 13.6. The fourth-order valence-electron chi connectivity index (χ4n) is 1.99. The van der Waals surface area contributed by atoms with E-state index in [1.54, 1.807) is 18.2 Å². The van der Waals surface area contributed by atoms with Crippen molar-refractivity contribution < 1.29 is 23.8 Å². The third-order valence-electron chi connectivity index (χ3n) is 3.15. The Balaban J connectivity index is 2.18. The number of rotatable bonds is 6. The van der Waals surface area contributed by atoms with Gasteiger partial charge < -0.3 is 14.6 Å². The summed E-state index contributed by atoms with van der Waals surface area (Å²) < 4.78 is 23.7. The molecule has 0 saturated heterocycles. The molecule has 5 heteroatoms. The van der Waals surface area contributed by atoms with Crippen molar-refractivity contribution >= 4 is 11.9 Å². The van der Waals surface area contributed by atoms with Crippen LogP contribution in [0.4, 0.5) is 4.39 Å². The smallest absolute Gasteiger partial charge is 0.185 e. The number of benzene rings is 2. The molecule has 4 nitrogen and oxygen atoms in total. The van der Waals surface area contributed by atoms with Crippen molar-refractivity contribution in [3.8, 4) is 17.2 Å². The second kappa shape index (κ2) is 7.45. The summed E-state index contributed by atoms with van der Waals surface area (Å²) in [4.78, 5) is 12.1. The Kier molecular flexibility index (Phi) is 5.36. The van der Waals surface area contributed by atoms with Gasteiger partial charge in [0.1, 0.15) is 0 Å². The molecule has 0 radical (unpaired) electrons. The molecule has 0 bridgehead atoms. The number of halogens is 1. The molecule has 0 aliphatic carbocycles. The van der Waals surface area contributed by atoms with Gasteiger partial charge in [0.25, 0.3) is 0 Å². The van der Waals surface area contributed by atoms with Gasteiger partial charge in [0.15, 0.2) is 28.8 Å². The summed E-state index contributed by atoms with van der Waals surface area (Å²) >= 11 is 0. The largest absolute Gasteiger partial charge is 0.504 e. The molecule has 23 heavy (non-hydrogen) atoms. The normalized spacial score (nSPS) is 10.7. The van der Waals surface area contributed by atoms with Gasteiger partial charge in [-0.2, -0.15) is 0 Å². The Labute approximate surface area is 133 Å². The fraction of sp³-hybridized carbons (Fsp3) is 0.167. The Bertz CT molecular complexity index is 738. The van der Waals surface area contributed by atoms with Crippen LogP contribution in [0, 0.1) is 5.82 Å². The van der Waals surface area contributed by atoms with Gasteiger partial charge in [-0.1, -0.05) is 12.1 Å². The number of ketones is 1. The van der Waals surface area contributed by atoms with Crippen LogP contribution in [0.15, 0.2) is 42.5 Å². The second-order valence-corrected chi connectivity index (χ2v) is 4.71. The van der Waals surface area contributed by atoms with Crippen LogP contribution in [-0.2, 0) is 0 Å². The van der Waals surface area contributed by atoms with Crippen LogP contribution in [0.25, 0.3) is 6.08 Å². The van der Waals surface area contributed by atoms with Crippen molar-refractivity contribution in [1.29, 1.82) is 0 Å². The Hall–Kier alpha value is -2.82. The number of carbonyl (C=O) groups excluding carboxylic acids is 1. The molecular formula is C18H17FO4. The van der Waals surface area contributed by atoms with E-state index in [1.807, 2.05) is 6.92 Å². The highest BCUT2D eigenvalue weighted by atomic mass is 19.1. The van der Waals surface area contributed by atoms with E-state index in [9.17, 15) is 14.3 Å². The molecule has 1 N–H and O–H groups in total. The topological polar surface area (TPSA) is 55.8 Å². The first-order valence-electron chi connectivity index (χ1n) is 7.07. The lowest BCUT2D eigenvalue weighted by Gasteiger charge is -2.06. The Morgan fingerprint density at radius 2 is 2.00 bits per heavy atom. The average molecular weight is 316 g/mol. The van der Waals surface area contributed by atoms with E-state index >= 15 is 0 Å². The van der Waals surface area contributed by atoms with Gasteiger partial charge in [0.2, 0.25) is 0 Å². The molecule has 2 aromatic carbocycles. The van der Waals surface area contributed by atoms with Gasteiger partial charge in [0, 0.05) is 5.56 Å². The predicted molar refractivity (Wildman–Crippen MR) is 85.6 cm³/mol. The summed E-state index contributed by atoms with van der Waals surface area (Å²) in [6.45, 7) is 2.23. The zero-order valence-electron chi connectivity index (χ0n) is 12.9. The number of carbonyl (C=O) groups is 1. The van der Waals surface area contributed by atoms with Gasteiger partial charge in [-0.05, 0) is 48.9 Å². The predicted octanol–water partition coefficient (Wildman–Crippen LogP) is 3.83. The molecule has 0 spiro atoms. The van der Waals surface area contributed by atoms with Crippen LogP contribution in [0.1, 0.15) is 22.8 Å². The second-order valence-electron chi connectivity index (χ2n) is 4.71. The number of hydrogen-bond donors (Lipinski definition) is 1. The van der Waals surface area contributed by atoms with Gasteiger partial charge in [-0.3, -0.25) is 4.79 Å². The maximum Gasteiger partial charge on any atom is 0.185 e. The van der Waals surface area contributed by atoms with Crippen molar-refractivity contribution in [2.75, 3.05) is 13.7 Å². The zero-order chi connectivity index (χ0) is 16.8. The molecule has 120 valence electrons. The molecule has 0 atom stereocenters. The number of allylic oxidation sites excluding steroid dienone is 1. The molecule has 0 aliphatic heterocycles. The van der Waals surface area contributed by atoms with Gasteiger partial charge in [-0.25, -0.2) is 4.39 Å². The molecule has 0 saturated carbocycles. The van der Waals surface area contributed by atoms with E-state index < -0.39 is 5.82 Å². The standard InChI is InChI=1S/C18H17FO4/c1-3-23-18-10-12(5-8-16(18)21)4-7-15(20)13-6-9-17(22-2)14(19)11-13/h4-11,21H,3H2,1-2H3/b7-4+. The van der Waals surface area contributed by atoms with E-state index in [0.29, 0.717) is 17.9 Å². The third-order valence-corrected chi connectivity index (χ3v) is 3.15. The van der Waals surface area contributed by atoms with E-state index in [-0.39, 0.29) is 22.8 Å². The Morgan fingerprint density at radius 1 is 1.22 bits per heavy atom. The van der Waals surface area contributed by atoms with Crippen LogP contribution in [0.5, 0.6) is 17.2 Å². The summed E-state index contributed by atoms with van der Waals surface area (Å²) in [5.74, 6) is -0.455. The van der Waals surface area contributed by atoms with Crippen LogP contribution < -0.4 is 9.47 Å². The molecule has 0 unspecified atom stereocenters. The highest BCUT2D eigenvalue weighted by Gasteiger charge is 2.08. The molecule has 2 aromatic rings. The average Bonchev–Trinajstić information content (AvgIpc) is 2.55. The number of ether oxygens (including phenoxy) is 2.